The van der Waals surface area contributed by atoms with Crippen LogP contribution in [0.2, 0.25) is 0 Å². The van der Waals surface area contributed by atoms with Gasteiger partial charge in [-0.05, 0) is 57.1 Å². The molecule has 232 valence electrons. The maximum absolute atomic E-state index is 4.93. The highest BCUT2D eigenvalue weighted by molar-refractivity contribution is 7.21. The lowest BCUT2D eigenvalue weighted by Crippen LogP contribution is -2.77. The van der Waals surface area contributed by atoms with E-state index in [2.05, 4.69) is 179 Å². The second kappa shape index (κ2) is 12.1. The van der Waals surface area contributed by atoms with E-state index in [-0.39, 0.29) is 0 Å². The van der Waals surface area contributed by atoms with Crippen LogP contribution in [-0.2, 0) is 0 Å². The molecule has 1 aliphatic heterocycles. The van der Waals surface area contributed by atoms with E-state index < -0.39 is 8.07 Å². The van der Waals surface area contributed by atoms with Crippen molar-refractivity contribution in [2.75, 3.05) is 4.90 Å². The van der Waals surface area contributed by atoms with Crippen LogP contribution in [0.1, 0.15) is 0 Å². The van der Waals surface area contributed by atoms with Gasteiger partial charge < -0.3 is 4.90 Å². The second-order valence-electron chi connectivity index (χ2n) is 12.3. The number of aromatic nitrogens is 3. The number of para-hydroxylation sites is 4. The van der Waals surface area contributed by atoms with Crippen molar-refractivity contribution in [2.24, 2.45) is 0 Å². The third-order valence-electron chi connectivity index (χ3n) is 9.61. The Morgan fingerprint density at radius 3 is 1.37 bits per heavy atom. The first-order chi connectivity index (χ1) is 24.4. The first-order valence-electron chi connectivity index (χ1n) is 16.6. The van der Waals surface area contributed by atoms with E-state index in [0.29, 0.717) is 0 Å². The Hall–Kier alpha value is -6.30. The lowest BCUT2D eigenvalue weighted by molar-refractivity contribution is 1.07. The molecule has 0 saturated heterocycles. The average Bonchev–Trinajstić information content (AvgIpc) is 3.64. The summed E-state index contributed by atoms with van der Waals surface area (Å²) >= 11 is 0. The highest BCUT2D eigenvalue weighted by atomic mass is 28.3. The van der Waals surface area contributed by atoms with Gasteiger partial charge >= 0.3 is 0 Å². The zero-order valence-corrected chi connectivity index (χ0v) is 27.8. The summed E-state index contributed by atoms with van der Waals surface area (Å²) in [6, 6.07) is 69.6. The standard InChI is InChI=1S/C44H32N4Si/c1-5-19-33(20-6-1)43-45-46-44(47(43)34-21-7-2-8-22-34)37-27-13-14-28-38(37)48-39-29-15-17-31-41(39)49(35-23-9-3-10-24-35,36-25-11-4-12-26-36)42-32-18-16-30-40(42)48/h1-32H. The van der Waals surface area contributed by atoms with Gasteiger partial charge in [0.1, 0.15) is 0 Å². The van der Waals surface area contributed by atoms with Crippen LogP contribution in [0.3, 0.4) is 0 Å². The molecule has 1 aliphatic rings. The van der Waals surface area contributed by atoms with Crippen LogP contribution in [0, 0.1) is 0 Å². The van der Waals surface area contributed by atoms with Crippen LogP contribution in [0.15, 0.2) is 194 Å². The summed E-state index contributed by atoms with van der Waals surface area (Å²) in [6.07, 6.45) is 0. The fraction of sp³-hybridized carbons (Fsp3) is 0. The van der Waals surface area contributed by atoms with Crippen molar-refractivity contribution in [1.29, 1.82) is 0 Å². The number of benzene rings is 7. The van der Waals surface area contributed by atoms with Gasteiger partial charge in [0.2, 0.25) is 0 Å². The predicted octanol–water partition coefficient (Wildman–Crippen LogP) is 7.76. The predicted molar refractivity (Wildman–Crippen MR) is 204 cm³/mol. The van der Waals surface area contributed by atoms with Crippen LogP contribution in [0.5, 0.6) is 0 Å². The third kappa shape index (κ3) is 4.59. The monoisotopic (exact) mass is 644 g/mol. The molecule has 49 heavy (non-hydrogen) atoms. The number of rotatable bonds is 6. The molecule has 0 fully saturated rings. The fourth-order valence-electron chi connectivity index (χ4n) is 7.58. The van der Waals surface area contributed by atoms with Gasteiger partial charge in [0.25, 0.3) is 0 Å². The molecular weight excluding hydrogens is 613 g/mol. The van der Waals surface area contributed by atoms with Gasteiger partial charge in [0, 0.05) is 28.2 Å². The zero-order valence-electron chi connectivity index (χ0n) is 26.8. The minimum absolute atomic E-state index is 0.788. The molecule has 0 bridgehead atoms. The number of anilines is 3. The molecule has 1 aromatic heterocycles. The molecule has 0 radical (unpaired) electrons. The molecule has 0 spiro atoms. The Bertz CT molecular complexity index is 2300. The smallest absolute Gasteiger partial charge is 0.184 e. The molecule has 5 heteroatoms. The highest BCUT2D eigenvalue weighted by Gasteiger charge is 2.48. The summed E-state index contributed by atoms with van der Waals surface area (Å²) in [4.78, 5) is 2.45. The average molecular weight is 645 g/mol. The molecule has 8 aromatic rings. The molecule has 0 atom stereocenters. The van der Waals surface area contributed by atoms with E-state index >= 15 is 0 Å². The van der Waals surface area contributed by atoms with Gasteiger partial charge in [0.15, 0.2) is 19.7 Å². The molecule has 7 aromatic carbocycles. The molecule has 2 heterocycles. The van der Waals surface area contributed by atoms with E-state index in [1.165, 1.54) is 32.1 Å². The first kappa shape index (κ1) is 28.9. The number of hydrogen-bond acceptors (Lipinski definition) is 3. The number of fused-ring (bicyclic) bond motifs is 2. The van der Waals surface area contributed by atoms with Crippen molar-refractivity contribution in [3.63, 3.8) is 0 Å². The number of nitrogens with zero attached hydrogens (tertiary/aromatic N) is 4. The molecule has 9 rings (SSSR count). The maximum atomic E-state index is 4.93. The molecule has 0 unspecified atom stereocenters. The summed E-state index contributed by atoms with van der Waals surface area (Å²) in [5.74, 6) is 1.59. The second-order valence-corrected chi connectivity index (χ2v) is 16.0. The Balaban J connectivity index is 1.33. The van der Waals surface area contributed by atoms with E-state index in [1.807, 2.05) is 24.3 Å². The summed E-state index contributed by atoms with van der Waals surface area (Å²) in [5.41, 5.74) is 6.44. The van der Waals surface area contributed by atoms with E-state index in [1.54, 1.807) is 0 Å². The van der Waals surface area contributed by atoms with Crippen molar-refractivity contribution in [2.45, 2.75) is 0 Å². The maximum Gasteiger partial charge on any atom is 0.184 e. The van der Waals surface area contributed by atoms with Crippen LogP contribution in [-0.4, -0.2) is 22.8 Å². The highest BCUT2D eigenvalue weighted by Crippen LogP contribution is 2.43. The summed E-state index contributed by atoms with van der Waals surface area (Å²) in [6.45, 7) is 0. The van der Waals surface area contributed by atoms with Gasteiger partial charge in [-0.2, -0.15) is 0 Å². The SMILES string of the molecule is c1ccc(-c2nnc(-c3ccccc3N3c4ccccc4[Si](c4ccccc4)(c4ccccc4)c4ccccc43)n2-c2ccccc2)cc1. The molecule has 0 saturated carbocycles. The summed E-state index contributed by atoms with van der Waals surface area (Å²) in [7, 11) is -2.73. The van der Waals surface area contributed by atoms with Gasteiger partial charge in [-0.25, -0.2) is 0 Å². The Labute approximate surface area is 287 Å². The molecule has 0 aliphatic carbocycles. The van der Waals surface area contributed by atoms with Crippen LogP contribution < -0.4 is 25.6 Å². The normalized spacial score (nSPS) is 13.0. The van der Waals surface area contributed by atoms with E-state index in [0.717, 1.165) is 34.2 Å². The zero-order chi connectivity index (χ0) is 32.6. The van der Waals surface area contributed by atoms with Crippen molar-refractivity contribution >= 4 is 45.9 Å². The fourth-order valence-corrected chi connectivity index (χ4v) is 12.7. The van der Waals surface area contributed by atoms with Crippen molar-refractivity contribution < 1.29 is 0 Å². The summed E-state index contributed by atoms with van der Waals surface area (Å²) < 4.78 is 2.18. The van der Waals surface area contributed by atoms with Gasteiger partial charge in [-0.1, -0.05) is 158 Å². The van der Waals surface area contributed by atoms with E-state index in [4.69, 9.17) is 10.2 Å². The minimum Gasteiger partial charge on any atom is -0.310 e. The van der Waals surface area contributed by atoms with Crippen molar-refractivity contribution in [3.05, 3.63) is 194 Å². The van der Waals surface area contributed by atoms with E-state index in [9.17, 15) is 0 Å². The summed E-state index contributed by atoms with van der Waals surface area (Å²) in [5, 5.41) is 15.2. The van der Waals surface area contributed by atoms with Gasteiger partial charge in [0.05, 0.1) is 5.69 Å². The molecular formula is C44H32N4Si. The number of hydrogen-bond donors (Lipinski definition) is 0. The first-order valence-corrected chi connectivity index (χ1v) is 18.6. The van der Waals surface area contributed by atoms with Crippen LogP contribution in [0.25, 0.3) is 28.5 Å². The lowest BCUT2D eigenvalue weighted by atomic mass is 10.1. The van der Waals surface area contributed by atoms with Crippen LogP contribution in [0.4, 0.5) is 17.1 Å². The van der Waals surface area contributed by atoms with Crippen molar-refractivity contribution in [1.82, 2.24) is 14.8 Å². The molecule has 4 nitrogen and oxygen atoms in total. The van der Waals surface area contributed by atoms with Gasteiger partial charge in [-0.3, -0.25) is 4.57 Å². The Kier molecular flexibility index (Phi) is 7.10. The third-order valence-corrected chi connectivity index (χ3v) is 14.5. The van der Waals surface area contributed by atoms with Gasteiger partial charge in [-0.15, -0.1) is 10.2 Å². The quantitative estimate of drug-likeness (QED) is 0.174. The Morgan fingerprint density at radius 2 is 0.796 bits per heavy atom. The largest absolute Gasteiger partial charge is 0.310 e. The molecule has 0 amide bonds. The molecule has 0 N–H and O–H groups in total. The minimum atomic E-state index is -2.73. The topological polar surface area (TPSA) is 34.0 Å². The van der Waals surface area contributed by atoms with Crippen molar-refractivity contribution in [3.8, 4) is 28.5 Å². The van der Waals surface area contributed by atoms with Crippen LogP contribution >= 0.6 is 0 Å². The Morgan fingerprint density at radius 1 is 0.367 bits per heavy atom. The lowest BCUT2D eigenvalue weighted by Gasteiger charge is -2.45.